The van der Waals surface area contributed by atoms with E-state index >= 15 is 0 Å². The third-order valence-electron chi connectivity index (χ3n) is 2.62. The molecule has 0 saturated heterocycles. The van der Waals surface area contributed by atoms with Gasteiger partial charge in [-0.3, -0.25) is 0 Å². The Morgan fingerprint density at radius 1 is 1.39 bits per heavy atom. The van der Waals surface area contributed by atoms with Crippen LogP contribution in [0.25, 0.3) is 0 Å². The van der Waals surface area contributed by atoms with Gasteiger partial charge in [-0.15, -0.1) is 0 Å². The highest BCUT2D eigenvalue weighted by atomic mass is 32.1. The Morgan fingerprint density at radius 2 is 2.22 bits per heavy atom. The molecule has 2 rings (SSSR count). The fourth-order valence-electron chi connectivity index (χ4n) is 1.67. The Bertz CT molecular complexity index is 520. The van der Waals surface area contributed by atoms with Crippen molar-refractivity contribution in [1.82, 2.24) is 4.90 Å². The number of benzene rings is 1. The fourth-order valence-corrected chi connectivity index (χ4v) is 2.51. The van der Waals surface area contributed by atoms with Gasteiger partial charge in [0, 0.05) is 19.3 Å². The molecule has 2 nitrogen and oxygen atoms in total. The lowest BCUT2D eigenvalue weighted by molar-refractivity contribution is 0.509. The number of anilines is 1. The Morgan fingerprint density at radius 3 is 2.89 bits per heavy atom. The van der Waals surface area contributed by atoms with E-state index in [9.17, 15) is 0 Å². The predicted molar refractivity (Wildman–Crippen MR) is 83.2 cm³/mol. The average molecular weight is 276 g/mol. The standard InChI is InChI=1S/C14H16N2S2/c1-11-4-3-5-13(8-11)15-14(17)16(2)9-12-6-7-18-10-12/h3-8,10H,9H2,1-2H3,(H,15,17). The van der Waals surface area contributed by atoms with Gasteiger partial charge in [0.1, 0.15) is 0 Å². The van der Waals surface area contributed by atoms with E-state index in [-0.39, 0.29) is 0 Å². The summed E-state index contributed by atoms with van der Waals surface area (Å²) in [5.74, 6) is 0. The molecule has 0 amide bonds. The first-order valence-electron chi connectivity index (χ1n) is 5.75. The van der Waals surface area contributed by atoms with Crippen molar-refractivity contribution in [3.8, 4) is 0 Å². The maximum atomic E-state index is 5.39. The van der Waals surface area contributed by atoms with Crippen LogP contribution in [0.2, 0.25) is 0 Å². The normalized spacial score (nSPS) is 10.1. The summed E-state index contributed by atoms with van der Waals surface area (Å²) in [6.45, 7) is 2.91. The molecule has 18 heavy (non-hydrogen) atoms. The number of hydrogen-bond acceptors (Lipinski definition) is 2. The summed E-state index contributed by atoms with van der Waals surface area (Å²) in [7, 11) is 2.00. The minimum absolute atomic E-state index is 0.742. The number of hydrogen-bond donors (Lipinski definition) is 1. The van der Waals surface area contributed by atoms with Crippen molar-refractivity contribution in [2.45, 2.75) is 13.5 Å². The van der Waals surface area contributed by atoms with Gasteiger partial charge in [0.25, 0.3) is 0 Å². The highest BCUT2D eigenvalue weighted by Gasteiger charge is 2.05. The van der Waals surface area contributed by atoms with Crippen LogP contribution >= 0.6 is 23.6 Å². The summed E-state index contributed by atoms with van der Waals surface area (Å²) in [6, 6.07) is 10.3. The van der Waals surface area contributed by atoms with E-state index in [1.54, 1.807) is 11.3 Å². The van der Waals surface area contributed by atoms with Crippen molar-refractivity contribution >= 4 is 34.4 Å². The molecule has 1 heterocycles. The molecule has 1 N–H and O–H groups in total. The summed E-state index contributed by atoms with van der Waals surface area (Å²) in [4.78, 5) is 2.04. The van der Waals surface area contributed by atoms with Crippen LogP contribution in [-0.4, -0.2) is 17.1 Å². The molecule has 0 aliphatic rings. The van der Waals surface area contributed by atoms with Crippen molar-refractivity contribution in [2.75, 3.05) is 12.4 Å². The molecule has 2 aromatic rings. The first-order valence-corrected chi connectivity index (χ1v) is 7.10. The number of nitrogens with zero attached hydrogens (tertiary/aromatic N) is 1. The second kappa shape index (κ2) is 5.98. The van der Waals surface area contributed by atoms with Gasteiger partial charge < -0.3 is 10.2 Å². The molecule has 1 aromatic carbocycles. The molecule has 4 heteroatoms. The van der Waals surface area contributed by atoms with Crippen LogP contribution in [0.3, 0.4) is 0 Å². The van der Waals surface area contributed by atoms with E-state index in [2.05, 4.69) is 41.2 Å². The number of thiophene rings is 1. The minimum Gasteiger partial charge on any atom is -0.348 e. The Balaban J connectivity index is 1.95. The lowest BCUT2D eigenvalue weighted by atomic mass is 10.2. The van der Waals surface area contributed by atoms with Gasteiger partial charge in [-0.1, -0.05) is 12.1 Å². The van der Waals surface area contributed by atoms with Crippen molar-refractivity contribution < 1.29 is 0 Å². The van der Waals surface area contributed by atoms with Crippen LogP contribution in [-0.2, 0) is 6.54 Å². The van der Waals surface area contributed by atoms with E-state index in [1.165, 1.54) is 11.1 Å². The van der Waals surface area contributed by atoms with Gasteiger partial charge in [-0.2, -0.15) is 11.3 Å². The zero-order valence-corrected chi connectivity index (χ0v) is 12.1. The molecule has 0 saturated carbocycles. The molecule has 1 aromatic heterocycles. The van der Waals surface area contributed by atoms with Crippen LogP contribution in [0.1, 0.15) is 11.1 Å². The van der Waals surface area contributed by atoms with Gasteiger partial charge in [-0.25, -0.2) is 0 Å². The molecule has 0 unspecified atom stereocenters. The van der Waals surface area contributed by atoms with Crippen molar-refractivity contribution in [3.63, 3.8) is 0 Å². The molecule has 0 radical (unpaired) electrons. The van der Waals surface area contributed by atoms with Crippen LogP contribution in [0.15, 0.2) is 41.1 Å². The van der Waals surface area contributed by atoms with Crippen molar-refractivity contribution in [1.29, 1.82) is 0 Å². The van der Waals surface area contributed by atoms with Gasteiger partial charge in [0.05, 0.1) is 0 Å². The van der Waals surface area contributed by atoms with Gasteiger partial charge >= 0.3 is 0 Å². The molecule has 0 bridgehead atoms. The summed E-state index contributed by atoms with van der Waals surface area (Å²) >= 11 is 7.10. The smallest absolute Gasteiger partial charge is 0.173 e. The summed E-state index contributed by atoms with van der Waals surface area (Å²) in [6.07, 6.45) is 0. The second-order valence-electron chi connectivity index (χ2n) is 4.29. The topological polar surface area (TPSA) is 15.3 Å². The quantitative estimate of drug-likeness (QED) is 0.856. The minimum atomic E-state index is 0.742. The van der Waals surface area contributed by atoms with Crippen LogP contribution < -0.4 is 5.32 Å². The van der Waals surface area contributed by atoms with Crippen LogP contribution in [0, 0.1) is 6.92 Å². The molecular weight excluding hydrogens is 260 g/mol. The number of aryl methyl sites for hydroxylation is 1. The maximum absolute atomic E-state index is 5.39. The van der Waals surface area contributed by atoms with Gasteiger partial charge in [0.2, 0.25) is 0 Å². The van der Waals surface area contributed by atoms with Crippen molar-refractivity contribution in [3.05, 3.63) is 52.2 Å². The summed E-state index contributed by atoms with van der Waals surface area (Å²) < 4.78 is 0. The first-order chi connectivity index (χ1) is 8.65. The molecule has 0 fully saturated rings. The molecule has 0 aliphatic heterocycles. The monoisotopic (exact) mass is 276 g/mol. The zero-order chi connectivity index (χ0) is 13.0. The molecule has 0 aliphatic carbocycles. The average Bonchev–Trinajstić information content (AvgIpc) is 2.81. The summed E-state index contributed by atoms with van der Waals surface area (Å²) in [5, 5.41) is 8.23. The lowest BCUT2D eigenvalue weighted by Gasteiger charge is -2.20. The molecule has 0 spiro atoms. The van der Waals surface area contributed by atoms with E-state index in [1.807, 2.05) is 24.1 Å². The number of rotatable bonds is 3. The van der Waals surface area contributed by atoms with E-state index < -0.39 is 0 Å². The third-order valence-corrected chi connectivity index (χ3v) is 3.76. The summed E-state index contributed by atoms with van der Waals surface area (Å²) in [5.41, 5.74) is 3.55. The first kappa shape index (κ1) is 13.1. The fraction of sp³-hybridized carbons (Fsp3) is 0.214. The molecule has 94 valence electrons. The van der Waals surface area contributed by atoms with Gasteiger partial charge in [0.15, 0.2) is 5.11 Å². The Labute approximate surface area is 117 Å². The Hall–Kier alpha value is -1.39. The highest BCUT2D eigenvalue weighted by Crippen LogP contribution is 2.12. The van der Waals surface area contributed by atoms with E-state index in [0.717, 1.165) is 17.3 Å². The van der Waals surface area contributed by atoms with Crippen LogP contribution in [0.4, 0.5) is 5.69 Å². The third kappa shape index (κ3) is 3.55. The van der Waals surface area contributed by atoms with Crippen molar-refractivity contribution in [2.24, 2.45) is 0 Å². The molecule has 0 atom stereocenters. The highest BCUT2D eigenvalue weighted by molar-refractivity contribution is 7.80. The predicted octanol–water partition coefficient (Wildman–Crippen LogP) is 3.89. The van der Waals surface area contributed by atoms with Crippen LogP contribution in [0.5, 0.6) is 0 Å². The number of nitrogens with one attached hydrogen (secondary N) is 1. The zero-order valence-electron chi connectivity index (χ0n) is 10.5. The lowest BCUT2D eigenvalue weighted by Crippen LogP contribution is -2.30. The largest absolute Gasteiger partial charge is 0.348 e. The Kier molecular flexibility index (Phi) is 4.33. The molecular formula is C14H16N2S2. The van der Waals surface area contributed by atoms with Gasteiger partial charge in [-0.05, 0) is 59.2 Å². The SMILES string of the molecule is Cc1cccc(NC(=S)N(C)Cc2ccsc2)c1. The van der Waals surface area contributed by atoms with E-state index in [4.69, 9.17) is 12.2 Å². The maximum Gasteiger partial charge on any atom is 0.173 e. The second-order valence-corrected chi connectivity index (χ2v) is 5.45. The number of thiocarbonyl (C=S) groups is 1. The van der Waals surface area contributed by atoms with E-state index in [0.29, 0.717) is 0 Å².